The molecule has 0 aromatic heterocycles. The minimum absolute atomic E-state index is 0.0182. The Morgan fingerprint density at radius 3 is 2.35 bits per heavy atom. The van der Waals surface area contributed by atoms with Gasteiger partial charge in [-0.2, -0.15) is 5.10 Å². The fourth-order valence-corrected chi connectivity index (χ4v) is 2.31. The van der Waals surface area contributed by atoms with Gasteiger partial charge in [0, 0.05) is 10.9 Å². The first-order chi connectivity index (χ1) is 11.1. The second-order valence-electron chi connectivity index (χ2n) is 5.34. The van der Waals surface area contributed by atoms with E-state index in [0.717, 1.165) is 31.2 Å². The number of nitrogens with one attached hydrogen (secondary N) is 2. The summed E-state index contributed by atoms with van der Waals surface area (Å²) >= 11 is 5.78. The Labute approximate surface area is 142 Å². The molecular weight excluding hydrogens is 314 g/mol. The van der Waals surface area contributed by atoms with Gasteiger partial charge < -0.3 is 5.32 Å². The van der Waals surface area contributed by atoms with Gasteiger partial charge in [0.25, 0.3) is 5.91 Å². The van der Waals surface area contributed by atoms with Crippen LogP contribution >= 0.6 is 11.6 Å². The molecule has 1 aromatic rings. The molecule has 5 nitrogen and oxygen atoms in total. The summed E-state index contributed by atoms with van der Waals surface area (Å²) in [5.74, 6) is -0.434. The van der Waals surface area contributed by atoms with Crippen LogP contribution in [0.5, 0.6) is 0 Å². The molecule has 0 saturated heterocycles. The van der Waals surface area contributed by atoms with Gasteiger partial charge in [-0.05, 0) is 30.5 Å². The van der Waals surface area contributed by atoms with Crippen LogP contribution in [0.1, 0.15) is 45.1 Å². The molecular formula is C17H24ClN3O2. The molecule has 0 unspecified atom stereocenters. The third-order valence-electron chi connectivity index (χ3n) is 3.34. The zero-order chi connectivity index (χ0) is 17.1. The van der Waals surface area contributed by atoms with Gasteiger partial charge in [-0.1, -0.05) is 50.4 Å². The van der Waals surface area contributed by atoms with Crippen molar-refractivity contribution in [2.45, 2.75) is 39.5 Å². The normalized spacial score (nSPS) is 11.0. The molecule has 1 aromatic carbocycles. The summed E-state index contributed by atoms with van der Waals surface area (Å²) in [4.78, 5) is 23.7. The molecule has 0 bridgehead atoms. The largest absolute Gasteiger partial charge is 0.347 e. The lowest BCUT2D eigenvalue weighted by Crippen LogP contribution is -2.38. The molecule has 23 heavy (non-hydrogen) atoms. The lowest BCUT2D eigenvalue weighted by atomic mass is 9.97. The number of hydrogen-bond donors (Lipinski definition) is 2. The zero-order valence-corrected chi connectivity index (χ0v) is 14.4. The number of hydrazone groups is 1. The molecule has 2 N–H and O–H groups in total. The van der Waals surface area contributed by atoms with Crippen molar-refractivity contribution >= 4 is 29.6 Å². The van der Waals surface area contributed by atoms with E-state index in [1.54, 1.807) is 24.3 Å². The summed E-state index contributed by atoms with van der Waals surface area (Å²) in [6, 6.07) is 7.07. The Morgan fingerprint density at radius 1 is 1.17 bits per heavy atom. The monoisotopic (exact) mass is 337 g/mol. The van der Waals surface area contributed by atoms with Gasteiger partial charge in [0.15, 0.2) is 0 Å². The van der Waals surface area contributed by atoms with Crippen LogP contribution in [0.3, 0.4) is 0 Å². The average Bonchev–Trinajstić information content (AvgIpc) is 2.54. The topological polar surface area (TPSA) is 70.6 Å². The molecule has 0 aliphatic heterocycles. The molecule has 0 aliphatic carbocycles. The molecule has 0 spiro atoms. The van der Waals surface area contributed by atoms with Gasteiger partial charge in [0.2, 0.25) is 5.91 Å². The smallest absolute Gasteiger partial charge is 0.259 e. The van der Waals surface area contributed by atoms with E-state index in [0.29, 0.717) is 5.02 Å². The highest BCUT2D eigenvalue weighted by atomic mass is 35.5. The predicted molar refractivity (Wildman–Crippen MR) is 93.5 cm³/mol. The number of nitrogens with zero attached hydrogens (tertiary/aromatic N) is 1. The summed E-state index contributed by atoms with van der Waals surface area (Å²) in [6.07, 6.45) is 5.12. The van der Waals surface area contributed by atoms with Crippen LogP contribution in [0.2, 0.25) is 5.02 Å². The van der Waals surface area contributed by atoms with Gasteiger partial charge in [-0.25, -0.2) is 5.43 Å². The van der Waals surface area contributed by atoms with E-state index in [2.05, 4.69) is 15.8 Å². The summed E-state index contributed by atoms with van der Waals surface area (Å²) in [5, 5.41) is 7.16. The predicted octanol–water partition coefficient (Wildman–Crippen LogP) is 3.12. The Kier molecular flexibility index (Phi) is 8.98. The van der Waals surface area contributed by atoms with Crippen LogP contribution in [-0.4, -0.2) is 24.6 Å². The summed E-state index contributed by atoms with van der Waals surface area (Å²) in [6.45, 7) is 4.03. The first-order valence-electron chi connectivity index (χ1n) is 7.92. The molecule has 0 radical (unpaired) electrons. The maximum absolute atomic E-state index is 12.0. The van der Waals surface area contributed by atoms with Crippen molar-refractivity contribution < 1.29 is 9.59 Å². The number of halogens is 1. The van der Waals surface area contributed by atoms with Crippen LogP contribution in [-0.2, 0) is 9.59 Å². The molecule has 0 atom stereocenters. The third kappa shape index (κ3) is 7.79. The van der Waals surface area contributed by atoms with Gasteiger partial charge in [-0.15, -0.1) is 0 Å². The van der Waals surface area contributed by atoms with E-state index in [1.165, 1.54) is 6.21 Å². The molecule has 6 heteroatoms. The number of rotatable bonds is 9. The van der Waals surface area contributed by atoms with Gasteiger partial charge in [-0.3, -0.25) is 9.59 Å². The summed E-state index contributed by atoms with van der Waals surface area (Å²) in [5.41, 5.74) is 3.21. The van der Waals surface area contributed by atoms with Crippen LogP contribution < -0.4 is 10.7 Å². The lowest BCUT2D eigenvalue weighted by molar-refractivity contribution is -0.128. The zero-order valence-electron chi connectivity index (χ0n) is 13.6. The van der Waals surface area contributed by atoms with E-state index in [1.807, 2.05) is 13.8 Å². The second-order valence-corrected chi connectivity index (χ2v) is 5.77. The van der Waals surface area contributed by atoms with Crippen LogP contribution in [0, 0.1) is 5.92 Å². The van der Waals surface area contributed by atoms with Crippen LogP contribution in [0.25, 0.3) is 0 Å². The van der Waals surface area contributed by atoms with E-state index in [-0.39, 0.29) is 24.3 Å². The highest BCUT2D eigenvalue weighted by Crippen LogP contribution is 2.13. The SMILES string of the molecule is CCCC(CCC)C(=O)NCC(=O)N/N=C/c1ccc(Cl)cc1. The van der Waals surface area contributed by atoms with Crippen LogP contribution in [0.4, 0.5) is 0 Å². The number of carbonyl (C=O) groups excluding carboxylic acids is 2. The fraction of sp³-hybridized carbons (Fsp3) is 0.471. The van der Waals surface area contributed by atoms with Crippen LogP contribution in [0.15, 0.2) is 29.4 Å². The number of amides is 2. The maximum atomic E-state index is 12.0. The van der Waals surface area contributed by atoms with E-state index in [9.17, 15) is 9.59 Å². The van der Waals surface area contributed by atoms with Gasteiger partial charge in [0.05, 0.1) is 12.8 Å². The molecule has 2 amide bonds. The van der Waals surface area contributed by atoms with Gasteiger partial charge in [0.1, 0.15) is 0 Å². The summed E-state index contributed by atoms with van der Waals surface area (Å²) < 4.78 is 0. The highest BCUT2D eigenvalue weighted by Gasteiger charge is 2.16. The Hall–Kier alpha value is -1.88. The van der Waals surface area contributed by atoms with Crippen molar-refractivity contribution in [1.29, 1.82) is 0 Å². The second kappa shape index (κ2) is 10.8. The Bertz CT molecular complexity index is 523. The first-order valence-corrected chi connectivity index (χ1v) is 8.29. The van der Waals surface area contributed by atoms with E-state index < -0.39 is 0 Å². The minimum atomic E-state index is -0.352. The van der Waals surface area contributed by atoms with Gasteiger partial charge >= 0.3 is 0 Å². The van der Waals surface area contributed by atoms with E-state index >= 15 is 0 Å². The quantitative estimate of drug-likeness (QED) is 0.537. The number of benzene rings is 1. The van der Waals surface area contributed by atoms with E-state index in [4.69, 9.17) is 11.6 Å². The summed E-state index contributed by atoms with van der Waals surface area (Å²) in [7, 11) is 0. The Morgan fingerprint density at radius 2 is 1.78 bits per heavy atom. The van der Waals surface area contributed by atoms with Crippen molar-refractivity contribution in [1.82, 2.24) is 10.7 Å². The molecule has 0 heterocycles. The molecule has 126 valence electrons. The van der Waals surface area contributed by atoms with Crippen molar-refractivity contribution in [3.63, 3.8) is 0 Å². The minimum Gasteiger partial charge on any atom is -0.347 e. The lowest BCUT2D eigenvalue weighted by Gasteiger charge is -2.14. The number of hydrogen-bond acceptors (Lipinski definition) is 3. The maximum Gasteiger partial charge on any atom is 0.259 e. The molecule has 0 saturated carbocycles. The van der Waals surface area contributed by atoms with Crippen molar-refractivity contribution in [3.05, 3.63) is 34.9 Å². The average molecular weight is 338 g/mol. The number of carbonyl (C=O) groups is 2. The van der Waals surface area contributed by atoms with Crippen molar-refractivity contribution in [2.24, 2.45) is 11.0 Å². The van der Waals surface area contributed by atoms with Crippen molar-refractivity contribution in [3.8, 4) is 0 Å². The molecule has 0 fully saturated rings. The third-order valence-corrected chi connectivity index (χ3v) is 3.59. The molecule has 0 aliphatic rings. The van der Waals surface area contributed by atoms with Crippen molar-refractivity contribution in [2.75, 3.05) is 6.54 Å². The first kappa shape index (κ1) is 19.2. The molecule has 1 rings (SSSR count). The fourth-order valence-electron chi connectivity index (χ4n) is 2.18. The highest BCUT2D eigenvalue weighted by molar-refractivity contribution is 6.30. The standard InChI is InChI=1S/C17H24ClN3O2/c1-3-5-14(6-4-2)17(23)19-12-16(22)21-20-11-13-7-9-15(18)10-8-13/h7-11,14H,3-6,12H2,1-2H3,(H,19,23)(H,21,22)/b20-11+. The Balaban J connectivity index is 2.35.